The summed E-state index contributed by atoms with van der Waals surface area (Å²) in [4.78, 5) is 45.1. The topological polar surface area (TPSA) is 112 Å². The standard InChI is InChI=1S/C24H31N5O3/c25-22(30)21(17-7-2-1-3-8-17)27-23(31)18-9-4-5-11-20(18)28-13-15-29(16-14-28)24(32)19-10-6-12-26-19/h1-3,6-8,10,12,18,20-21,26H,4-5,9,11,13-16H2,(H2,25,30)(H,27,31)/t18-,20-,21+/m1/s1. The van der Waals surface area contributed by atoms with Crippen molar-refractivity contribution in [2.75, 3.05) is 26.2 Å². The third-order valence-corrected chi connectivity index (χ3v) is 6.67. The molecule has 8 heteroatoms. The smallest absolute Gasteiger partial charge is 0.270 e. The number of carbonyl (C=O) groups excluding carboxylic acids is 3. The van der Waals surface area contributed by atoms with Crippen LogP contribution in [-0.4, -0.2) is 64.7 Å². The van der Waals surface area contributed by atoms with Gasteiger partial charge in [-0.3, -0.25) is 19.3 Å². The van der Waals surface area contributed by atoms with Crippen LogP contribution in [0.1, 0.15) is 47.8 Å². The summed E-state index contributed by atoms with van der Waals surface area (Å²) < 4.78 is 0. The highest BCUT2D eigenvalue weighted by atomic mass is 16.2. The molecule has 8 nitrogen and oxygen atoms in total. The first-order valence-electron chi connectivity index (χ1n) is 11.4. The maximum Gasteiger partial charge on any atom is 0.270 e. The molecular weight excluding hydrogens is 406 g/mol. The number of aromatic nitrogens is 1. The second-order valence-electron chi connectivity index (χ2n) is 8.62. The Morgan fingerprint density at radius 2 is 1.69 bits per heavy atom. The number of nitrogens with zero attached hydrogens (tertiary/aromatic N) is 2. The Bertz CT molecular complexity index is 922. The van der Waals surface area contributed by atoms with Crippen LogP contribution in [0, 0.1) is 5.92 Å². The van der Waals surface area contributed by atoms with Gasteiger partial charge < -0.3 is 20.9 Å². The lowest BCUT2D eigenvalue weighted by atomic mass is 9.82. The van der Waals surface area contributed by atoms with Gasteiger partial charge in [0.05, 0.1) is 5.92 Å². The van der Waals surface area contributed by atoms with Crippen molar-refractivity contribution in [2.24, 2.45) is 11.7 Å². The van der Waals surface area contributed by atoms with E-state index < -0.39 is 11.9 Å². The molecule has 2 fully saturated rings. The van der Waals surface area contributed by atoms with E-state index in [1.807, 2.05) is 29.2 Å². The maximum absolute atomic E-state index is 13.3. The van der Waals surface area contributed by atoms with Crippen LogP contribution >= 0.6 is 0 Å². The molecular formula is C24H31N5O3. The molecule has 0 bridgehead atoms. The summed E-state index contributed by atoms with van der Waals surface area (Å²) in [5, 5.41) is 2.91. The minimum Gasteiger partial charge on any atom is -0.368 e. The molecule has 1 aliphatic carbocycles. The van der Waals surface area contributed by atoms with E-state index in [-0.39, 0.29) is 23.8 Å². The molecule has 1 saturated carbocycles. The first kappa shape index (κ1) is 22.1. The van der Waals surface area contributed by atoms with E-state index in [2.05, 4.69) is 15.2 Å². The van der Waals surface area contributed by atoms with Crippen molar-refractivity contribution in [1.29, 1.82) is 0 Å². The summed E-state index contributed by atoms with van der Waals surface area (Å²) in [5.41, 5.74) is 6.90. The number of carbonyl (C=O) groups is 3. The lowest BCUT2D eigenvalue weighted by molar-refractivity contribution is -0.133. The summed E-state index contributed by atoms with van der Waals surface area (Å²) in [6.07, 6.45) is 5.55. The molecule has 0 unspecified atom stereocenters. The third-order valence-electron chi connectivity index (χ3n) is 6.67. The second-order valence-corrected chi connectivity index (χ2v) is 8.62. The molecule has 1 aromatic carbocycles. The molecule has 1 aromatic heterocycles. The minimum absolute atomic E-state index is 0.0137. The number of nitrogens with one attached hydrogen (secondary N) is 2. The molecule has 4 N–H and O–H groups in total. The normalized spacial score (nSPS) is 22.8. The number of rotatable bonds is 6. The lowest BCUT2D eigenvalue weighted by Gasteiger charge is -2.43. The highest BCUT2D eigenvalue weighted by molar-refractivity contribution is 5.92. The van der Waals surface area contributed by atoms with Crippen LogP contribution in [0.5, 0.6) is 0 Å². The van der Waals surface area contributed by atoms with E-state index >= 15 is 0 Å². The van der Waals surface area contributed by atoms with Crippen LogP contribution in [0.4, 0.5) is 0 Å². The Hall–Kier alpha value is -3.13. The molecule has 32 heavy (non-hydrogen) atoms. The van der Waals surface area contributed by atoms with Gasteiger partial charge in [-0.05, 0) is 30.5 Å². The first-order valence-corrected chi connectivity index (χ1v) is 11.4. The number of aromatic amines is 1. The monoisotopic (exact) mass is 437 g/mol. The number of hydrogen-bond acceptors (Lipinski definition) is 4. The Morgan fingerprint density at radius 3 is 2.34 bits per heavy atom. The number of benzene rings is 1. The van der Waals surface area contributed by atoms with Gasteiger partial charge in [0.15, 0.2) is 0 Å². The average Bonchev–Trinajstić information content (AvgIpc) is 3.37. The molecule has 0 radical (unpaired) electrons. The fourth-order valence-corrected chi connectivity index (χ4v) is 4.96. The lowest BCUT2D eigenvalue weighted by Crippen LogP contribution is -2.56. The molecule has 2 heterocycles. The largest absolute Gasteiger partial charge is 0.368 e. The van der Waals surface area contributed by atoms with Crippen molar-refractivity contribution in [3.63, 3.8) is 0 Å². The second kappa shape index (κ2) is 9.99. The summed E-state index contributed by atoms with van der Waals surface area (Å²) in [5.74, 6) is -0.861. The van der Waals surface area contributed by atoms with E-state index in [0.717, 1.165) is 38.8 Å². The molecule has 3 atom stereocenters. The van der Waals surface area contributed by atoms with Gasteiger partial charge in [0.1, 0.15) is 11.7 Å². The Balaban J connectivity index is 1.40. The zero-order valence-electron chi connectivity index (χ0n) is 18.2. The van der Waals surface area contributed by atoms with Crippen LogP contribution in [0.2, 0.25) is 0 Å². The summed E-state index contributed by atoms with van der Waals surface area (Å²) >= 11 is 0. The number of amides is 3. The van der Waals surface area contributed by atoms with Crippen molar-refractivity contribution >= 4 is 17.7 Å². The minimum atomic E-state index is -0.832. The molecule has 2 aliphatic rings. The number of nitrogens with two attached hydrogens (primary N) is 1. The SMILES string of the molecule is NC(=O)[C@@H](NC(=O)[C@@H]1CCCC[C@H]1N1CCN(C(=O)c2ccc[nH]2)CC1)c1ccccc1. The number of H-pyrrole nitrogens is 1. The van der Waals surface area contributed by atoms with Gasteiger partial charge in [0.25, 0.3) is 5.91 Å². The fourth-order valence-electron chi connectivity index (χ4n) is 4.96. The number of primary amides is 1. The van der Waals surface area contributed by atoms with Crippen LogP contribution < -0.4 is 11.1 Å². The summed E-state index contributed by atoms with van der Waals surface area (Å²) in [6.45, 7) is 2.74. The fraction of sp³-hybridized carbons (Fsp3) is 0.458. The predicted molar refractivity (Wildman–Crippen MR) is 121 cm³/mol. The van der Waals surface area contributed by atoms with Crippen LogP contribution in [0.3, 0.4) is 0 Å². The van der Waals surface area contributed by atoms with Gasteiger partial charge in [-0.2, -0.15) is 0 Å². The molecule has 170 valence electrons. The molecule has 1 saturated heterocycles. The zero-order valence-corrected chi connectivity index (χ0v) is 18.2. The van der Waals surface area contributed by atoms with E-state index in [1.165, 1.54) is 0 Å². The maximum atomic E-state index is 13.3. The van der Waals surface area contributed by atoms with Gasteiger partial charge >= 0.3 is 0 Å². The van der Waals surface area contributed by atoms with Gasteiger partial charge in [-0.1, -0.05) is 43.2 Å². The van der Waals surface area contributed by atoms with Crippen molar-refractivity contribution < 1.29 is 14.4 Å². The van der Waals surface area contributed by atoms with Gasteiger partial charge in [0.2, 0.25) is 11.8 Å². The van der Waals surface area contributed by atoms with Gasteiger partial charge in [0, 0.05) is 38.4 Å². The summed E-state index contributed by atoms with van der Waals surface area (Å²) in [6, 6.07) is 12.0. The first-order chi connectivity index (χ1) is 15.5. The third kappa shape index (κ3) is 4.85. The van der Waals surface area contributed by atoms with Crippen molar-refractivity contribution in [3.05, 3.63) is 59.9 Å². The molecule has 4 rings (SSSR count). The van der Waals surface area contributed by atoms with Gasteiger partial charge in [-0.15, -0.1) is 0 Å². The Morgan fingerprint density at radius 1 is 0.969 bits per heavy atom. The van der Waals surface area contributed by atoms with Crippen molar-refractivity contribution in [2.45, 2.75) is 37.8 Å². The zero-order chi connectivity index (χ0) is 22.5. The number of piperazine rings is 1. The van der Waals surface area contributed by atoms with Gasteiger partial charge in [-0.25, -0.2) is 0 Å². The highest BCUT2D eigenvalue weighted by Gasteiger charge is 2.38. The van der Waals surface area contributed by atoms with E-state index in [1.54, 1.807) is 24.4 Å². The van der Waals surface area contributed by atoms with E-state index in [9.17, 15) is 14.4 Å². The van der Waals surface area contributed by atoms with Crippen LogP contribution in [0.25, 0.3) is 0 Å². The van der Waals surface area contributed by atoms with Crippen molar-refractivity contribution in [1.82, 2.24) is 20.1 Å². The van der Waals surface area contributed by atoms with Crippen LogP contribution in [-0.2, 0) is 9.59 Å². The van der Waals surface area contributed by atoms with Crippen LogP contribution in [0.15, 0.2) is 48.7 Å². The molecule has 0 spiro atoms. The van der Waals surface area contributed by atoms with E-state index in [0.29, 0.717) is 24.3 Å². The quantitative estimate of drug-likeness (QED) is 0.638. The molecule has 1 aliphatic heterocycles. The summed E-state index contributed by atoms with van der Waals surface area (Å²) in [7, 11) is 0. The highest BCUT2D eigenvalue weighted by Crippen LogP contribution is 2.30. The Kier molecular flexibility index (Phi) is 6.90. The van der Waals surface area contributed by atoms with Crippen molar-refractivity contribution in [3.8, 4) is 0 Å². The van der Waals surface area contributed by atoms with E-state index in [4.69, 9.17) is 5.73 Å². The number of hydrogen-bond donors (Lipinski definition) is 3. The molecule has 3 amide bonds. The molecule has 2 aromatic rings. The Labute approximate surface area is 188 Å². The predicted octanol–water partition coefficient (Wildman–Crippen LogP) is 1.67. The average molecular weight is 438 g/mol.